The summed E-state index contributed by atoms with van der Waals surface area (Å²) in [6, 6.07) is 13.6. The number of hydrogen-bond acceptors (Lipinski definition) is 9. The minimum Gasteiger partial charge on any atom is -0.487 e. The summed E-state index contributed by atoms with van der Waals surface area (Å²) in [4.78, 5) is 0. The average Bonchev–Trinajstić information content (AvgIpc) is 3.01. The van der Waals surface area contributed by atoms with Crippen molar-refractivity contribution < 1.29 is 37.9 Å². The smallest absolute Gasteiger partial charge is 0.161 e. The van der Waals surface area contributed by atoms with Crippen LogP contribution in [0.5, 0.6) is 23.0 Å². The Morgan fingerprint density at radius 1 is 0.548 bits per heavy atom. The van der Waals surface area contributed by atoms with Crippen LogP contribution in [-0.4, -0.2) is 85.8 Å². The molecule has 2 aromatic carbocycles. The van der Waals surface area contributed by atoms with Crippen molar-refractivity contribution in [2.24, 2.45) is 0 Å². The molecule has 0 aliphatic carbocycles. The molecule has 0 saturated carbocycles. The van der Waals surface area contributed by atoms with Gasteiger partial charge in [0.15, 0.2) is 23.0 Å². The van der Waals surface area contributed by atoms with Gasteiger partial charge in [0.05, 0.1) is 52.9 Å². The quantitative estimate of drug-likeness (QED) is 0.351. The molecule has 0 saturated heterocycles. The second kappa shape index (κ2) is 22.6. The van der Waals surface area contributed by atoms with Crippen LogP contribution in [0, 0.1) is 12.3 Å². The second-order valence-corrected chi connectivity index (χ2v) is 9.62. The summed E-state index contributed by atoms with van der Waals surface area (Å²) in [7, 11) is 0. The fourth-order valence-electron chi connectivity index (χ4n) is 4.13. The van der Waals surface area contributed by atoms with E-state index in [2.05, 4.69) is 17.3 Å². The van der Waals surface area contributed by atoms with E-state index in [1.54, 1.807) is 0 Å². The molecule has 0 aromatic heterocycles. The number of para-hydroxylation sites is 2. The van der Waals surface area contributed by atoms with Gasteiger partial charge in [-0.05, 0) is 49.2 Å². The van der Waals surface area contributed by atoms with Crippen LogP contribution in [0.4, 0.5) is 0 Å². The molecular formula is C33H47NO8. The molecule has 0 amide bonds. The van der Waals surface area contributed by atoms with Gasteiger partial charge in [-0.15, -0.1) is 12.3 Å². The Bertz CT molecular complexity index is 1010. The summed E-state index contributed by atoms with van der Waals surface area (Å²) in [5.74, 6) is 5.43. The third-order valence-corrected chi connectivity index (χ3v) is 6.30. The topological polar surface area (TPSA) is 85.9 Å². The molecule has 1 N–H and O–H groups in total. The van der Waals surface area contributed by atoms with E-state index in [0.29, 0.717) is 102 Å². The number of benzene rings is 2. The maximum Gasteiger partial charge on any atom is 0.161 e. The maximum atomic E-state index is 6.05. The highest BCUT2D eigenvalue weighted by atomic mass is 16.6. The fraction of sp³-hybridized carbons (Fsp3) is 0.576. The first-order chi connectivity index (χ1) is 20.9. The number of nitrogens with one attached hydrogen (secondary N) is 1. The highest BCUT2D eigenvalue weighted by Crippen LogP contribution is 2.29. The van der Waals surface area contributed by atoms with E-state index in [1.807, 2.05) is 36.4 Å². The monoisotopic (exact) mass is 585 g/mol. The third kappa shape index (κ3) is 14.8. The van der Waals surface area contributed by atoms with Gasteiger partial charge in [0.2, 0.25) is 0 Å². The minimum atomic E-state index is 0.401. The van der Waals surface area contributed by atoms with Crippen LogP contribution in [-0.2, 0) is 25.5 Å². The number of unbranched alkanes of at least 4 members (excludes halogenated alkanes) is 4. The third-order valence-electron chi connectivity index (χ3n) is 6.30. The first-order valence-electron chi connectivity index (χ1n) is 15.0. The van der Waals surface area contributed by atoms with E-state index >= 15 is 0 Å². The van der Waals surface area contributed by atoms with Gasteiger partial charge >= 0.3 is 0 Å². The number of rotatable bonds is 8. The summed E-state index contributed by atoms with van der Waals surface area (Å²) in [5.41, 5.74) is 1.13. The summed E-state index contributed by atoms with van der Waals surface area (Å²) in [6.45, 7) is 7.03. The molecule has 0 bridgehead atoms. The fourth-order valence-corrected chi connectivity index (χ4v) is 4.13. The zero-order chi connectivity index (χ0) is 29.3. The first kappa shape index (κ1) is 33.5. The van der Waals surface area contributed by atoms with Gasteiger partial charge in [-0.1, -0.05) is 31.0 Å². The summed E-state index contributed by atoms with van der Waals surface area (Å²) in [5, 5.41) is 3.51. The Morgan fingerprint density at radius 3 is 1.57 bits per heavy atom. The Hall–Kier alpha value is -3.00. The molecule has 0 fully saturated rings. The van der Waals surface area contributed by atoms with Gasteiger partial charge in [0.25, 0.3) is 0 Å². The van der Waals surface area contributed by atoms with Gasteiger partial charge in [0.1, 0.15) is 26.4 Å². The van der Waals surface area contributed by atoms with Crippen LogP contribution >= 0.6 is 0 Å². The zero-order valence-electron chi connectivity index (χ0n) is 24.8. The molecular weight excluding hydrogens is 538 g/mol. The standard InChI is InChI=1S/C33H47NO8/c1-2-3-4-5-6-9-14-34-28-29-12-13-32-33(27-29)42-26-22-38-18-17-36-20-24-40-31-11-8-7-10-30(31)39-23-19-35-15-16-37-21-25-41-32/h1,7-8,10-13,27,34H,3-6,9,14-26,28H2. The highest BCUT2D eigenvalue weighted by molar-refractivity contribution is 5.43. The molecule has 0 unspecified atom stereocenters. The van der Waals surface area contributed by atoms with Crippen molar-refractivity contribution >= 4 is 0 Å². The highest BCUT2D eigenvalue weighted by Gasteiger charge is 2.09. The minimum absolute atomic E-state index is 0.401. The van der Waals surface area contributed by atoms with Crippen molar-refractivity contribution in [2.75, 3.05) is 85.8 Å². The predicted octanol–water partition coefficient (Wildman–Crippen LogP) is 4.66. The van der Waals surface area contributed by atoms with Crippen LogP contribution in [0.3, 0.4) is 0 Å². The van der Waals surface area contributed by atoms with Gasteiger partial charge in [-0.2, -0.15) is 0 Å². The average molecular weight is 586 g/mol. The lowest BCUT2D eigenvalue weighted by Gasteiger charge is -2.15. The number of terminal acetylenes is 1. The van der Waals surface area contributed by atoms with Gasteiger partial charge in [0, 0.05) is 13.0 Å². The van der Waals surface area contributed by atoms with Gasteiger partial charge < -0.3 is 43.2 Å². The second-order valence-electron chi connectivity index (χ2n) is 9.62. The van der Waals surface area contributed by atoms with Crippen LogP contribution in [0.2, 0.25) is 0 Å². The van der Waals surface area contributed by atoms with Crippen molar-refractivity contribution in [1.29, 1.82) is 0 Å². The van der Waals surface area contributed by atoms with E-state index in [0.717, 1.165) is 37.9 Å². The number of ether oxygens (including phenoxy) is 8. The van der Waals surface area contributed by atoms with Crippen molar-refractivity contribution in [3.05, 3.63) is 48.0 Å². The lowest BCUT2D eigenvalue weighted by atomic mass is 10.1. The Kier molecular flexibility index (Phi) is 18.0. The van der Waals surface area contributed by atoms with Crippen LogP contribution in [0.1, 0.15) is 37.7 Å². The molecule has 1 heterocycles. The van der Waals surface area contributed by atoms with Crippen LogP contribution < -0.4 is 24.3 Å². The SMILES string of the molecule is C#CCCCCCCNCc1ccc2c(c1)OCCOCCOCCOc1ccccc1OCCOCCOCCO2. The molecule has 9 heteroatoms. The maximum absolute atomic E-state index is 6.05. The molecule has 0 radical (unpaired) electrons. The molecule has 0 spiro atoms. The lowest BCUT2D eigenvalue weighted by molar-refractivity contribution is 0.0223. The summed E-state index contributed by atoms with van der Waals surface area (Å²) >= 11 is 0. The lowest BCUT2D eigenvalue weighted by Crippen LogP contribution is -2.16. The molecule has 1 aliphatic rings. The molecule has 42 heavy (non-hydrogen) atoms. The molecule has 9 nitrogen and oxygen atoms in total. The number of fused-ring (bicyclic) bond motifs is 2. The van der Waals surface area contributed by atoms with E-state index in [9.17, 15) is 0 Å². The van der Waals surface area contributed by atoms with E-state index < -0.39 is 0 Å². The first-order valence-corrected chi connectivity index (χ1v) is 15.0. The van der Waals surface area contributed by atoms with Crippen molar-refractivity contribution in [2.45, 2.75) is 38.6 Å². The number of hydrogen-bond donors (Lipinski definition) is 1. The molecule has 3 rings (SSSR count). The van der Waals surface area contributed by atoms with Crippen LogP contribution in [0.15, 0.2) is 42.5 Å². The Balaban J connectivity index is 1.44. The Labute approximate surface area is 251 Å². The van der Waals surface area contributed by atoms with E-state index in [4.69, 9.17) is 44.3 Å². The zero-order valence-corrected chi connectivity index (χ0v) is 24.8. The molecule has 0 atom stereocenters. The van der Waals surface area contributed by atoms with Gasteiger partial charge in [-0.25, -0.2) is 0 Å². The Morgan fingerprint density at radius 2 is 1.02 bits per heavy atom. The molecule has 232 valence electrons. The van der Waals surface area contributed by atoms with Crippen molar-refractivity contribution in [1.82, 2.24) is 5.32 Å². The van der Waals surface area contributed by atoms with Crippen LogP contribution in [0.25, 0.3) is 0 Å². The van der Waals surface area contributed by atoms with E-state index in [-0.39, 0.29) is 0 Å². The molecule has 2 aromatic rings. The predicted molar refractivity (Wildman–Crippen MR) is 162 cm³/mol. The van der Waals surface area contributed by atoms with Gasteiger partial charge in [-0.3, -0.25) is 0 Å². The van der Waals surface area contributed by atoms with E-state index in [1.165, 1.54) is 12.8 Å². The van der Waals surface area contributed by atoms with Crippen molar-refractivity contribution in [3.8, 4) is 35.3 Å². The normalized spacial score (nSPS) is 16.5. The molecule has 1 aliphatic heterocycles. The summed E-state index contributed by atoms with van der Waals surface area (Å²) in [6.07, 6.45) is 10.8. The van der Waals surface area contributed by atoms with Crippen molar-refractivity contribution in [3.63, 3.8) is 0 Å². The summed E-state index contributed by atoms with van der Waals surface area (Å²) < 4.78 is 46.3. The largest absolute Gasteiger partial charge is 0.487 e.